The second-order valence-corrected chi connectivity index (χ2v) is 11.3. The zero-order valence-corrected chi connectivity index (χ0v) is 25.9. The summed E-state index contributed by atoms with van der Waals surface area (Å²) in [6.07, 6.45) is 23.7. The Balaban J connectivity index is 3.24. The Morgan fingerprint density at radius 2 is 0.974 bits per heavy atom. The van der Waals surface area contributed by atoms with Gasteiger partial charge in [-0.1, -0.05) is 124 Å². The summed E-state index contributed by atoms with van der Waals surface area (Å²) in [5, 5.41) is 21.5. The molecule has 0 radical (unpaired) electrons. The molecule has 0 saturated carbocycles. The number of unbranched alkanes of at least 4 members (excludes halogenated alkanes) is 15. The molecule has 1 aromatic rings. The molecule has 0 amide bonds. The van der Waals surface area contributed by atoms with Crippen molar-refractivity contribution in [3.8, 4) is 11.5 Å². The first-order valence-corrected chi connectivity index (χ1v) is 16.4. The highest BCUT2D eigenvalue weighted by Gasteiger charge is 2.28. The first kappa shape index (κ1) is 35.3. The molecular formula is C34H60O5. The largest absolute Gasteiger partial charge is 0.504 e. The van der Waals surface area contributed by atoms with Crippen LogP contribution in [0.4, 0.5) is 0 Å². The molecule has 0 saturated heterocycles. The maximum Gasteiger partial charge on any atom is 0.339 e. The summed E-state index contributed by atoms with van der Waals surface area (Å²) >= 11 is 0. The smallest absolute Gasteiger partial charge is 0.339 e. The molecule has 0 heterocycles. The van der Waals surface area contributed by atoms with E-state index in [1.54, 1.807) is 0 Å². The van der Waals surface area contributed by atoms with Crippen molar-refractivity contribution >= 4 is 5.97 Å². The lowest BCUT2D eigenvalue weighted by atomic mass is 9.85. The number of carboxylic acids is 1. The predicted molar refractivity (Wildman–Crippen MR) is 163 cm³/mol. The Morgan fingerprint density at radius 1 is 0.564 bits per heavy atom. The van der Waals surface area contributed by atoms with Gasteiger partial charge in [-0.05, 0) is 56.1 Å². The van der Waals surface area contributed by atoms with Crippen LogP contribution < -0.4 is 4.89 Å². The Kier molecular flexibility index (Phi) is 20.8. The van der Waals surface area contributed by atoms with Gasteiger partial charge in [-0.25, -0.2) is 4.79 Å². The van der Waals surface area contributed by atoms with Crippen molar-refractivity contribution in [1.29, 1.82) is 0 Å². The highest BCUT2D eigenvalue weighted by Crippen LogP contribution is 2.42. The third-order valence-electron chi connectivity index (χ3n) is 7.78. The molecule has 0 bridgehead atoms. The van der Waals surface area contributed by atoms with Crippen LogP contribution in [0.2, 0.25) is 0 Å². The number of carbonyl (C=O) groups is 1. The molecular weight excluding hydrogens is 488 g/mol. The van der Waals surface area contributed by atoms with E-state index in [-0.39, 0.29) is 17.1 Å². The molecule has 39 heavy (non-hydrogen) atoms. The number of hydrogen-bond acceptors (Lipinski definition) is 4. The molecule has 5 nitrogen and oxygen atoms in total. The number of benzene rings is 1. The number of aromatic hydroxyl groups is 1. The van der Waals surface area contributed by atoms with Gasteiger partial charge in [0.25, 0.3) is 0 Å². The second-order valence-electron chi connectivity index (χ2n) is 11.3. The average molecular weight is 549 g/mol. The highest BCUT2D eigenvalue weighted by atomic mass is 17.2. The van der Waals surface area contributed by atoms with Gasteiger partial charge in [0.05, 0.1) is 6.61 Å². The lowest BCUT2D eigenvalue weighted by Gasteiger charge is -2.22. The lowest BCUT2D eigenvalue weighted by molar-refractivity contribution is -0.208. The van der Waals surface area contributed by atoms with Gasteiger partial charge >= 0.3 is 5.97 Å². The average Bonchev–Trinajstić information content (AvgIpc) is 2.92. The van der Waals surface area contributed by atoms with E-state index < -0.39 is 5.97 Å². The van der Waals surface area contributed by atoms with Crippen molar-refractivity contribution in [2.24, 2.45) is 0 Å². The van der Waals surface area contributed by atoms with Crippen LogP contribution in [-0.4, -0.2) is 22.8 Å². The van der Waals surface area contributed by atoms with Crippen LogP contribution >= 0.6 is 0 Å². The van der Waals surface area contributed by atoms with E-state index in [4.69, 9.17) is 9.78 Å². The number of phenols is 1. The molecule has 5 heteroatoms. The van der Waals surface area contributed by atoms with Gasteiger partial charge < -0.3 is 15.1 Å². The molecule has 0 aliphatic carbocycles. The summed E-state index contributed by atoms with van der Waals surface area (Å²) in [5.74, 6) is -1.09. The van der Waals surface area contributed by atoms with Crippen LogP contribution in [0.5, 0.6) is 11.5 Å². The van der Waals surface area contributed by atoms with E-state index >= 15 is 0 Å². The fourth-order valence-corrected chi connectivity index (χ4v) is 5.44. The summed E-state index contributed by atoms with van der Waals surface area (Å²) in [5.41, 5.74) is 2.89. The second kappa shape index (κ2) is 23.0. The standard InChI is InChI=1S/C34H60O5/c1-5-9-13-17-18-19-23-27-38-39-33-30(26-22-16-12-8-4)28(24-20-14-10-6-2)29(25-21-15-11-7-3)31(32(33)35)34(36)37/h35H,5-27H2,1-4H3,(H,36,37). The van der Waals surface area contributed by atoms with Crippen LogP contribution in [0.1, 0.15) is 177 Å². The molecule has 2 N–H and O–H groups in total. The molecule has 0 fully saturated rings. The number of rotatable bonds is 26. The van der Waals surface area contributed by atoms with Crippen LogP contribution in [0, 0.1) is 0 Å². The Labute approximate surface area is 240 Å². The van der Waals surface area contributed by atoms with Crippen LogP contribution in [0.3, 0.4) is 0 Å². The summed E-state index contributed by atoms with van der Waals surface area (Å²) in [4.78, 5) is 23.9. The minimum atomic E-state index is -1.08. The SMILES string of the molecule is CCCCCCCCCOOc1c(O)c(C(=O)O)c(CCCCCC)c(CCCCCC)c1CCCCCC. The van der Waals surface area contributed by atoms with E-state index in [0.717, 1.165) is 107 Å². The van der Waals surface area contributed by atoms with Gasteiger partial charge in [0.2, 0.25) is 5.75 Å². The quantitative estimate of drug-likeness (QED) is 0.0684. The third kappa shape index (κ3) is 13.9. The van der Waals surface area contributed by atoms with Gasteiger partial charge in [-0.15, -0.1) is 0 Å². The van der Waals surface area contributed by atoms with Crippen LogP contribution in [0.25, 0.3) is 0 Å². The topological polar surface area (TPSA) is 76.0 Å². The summed E-state index contributed by atoms with van der Waals surface area (Å²) in [6, 6.07) is 0. The van der Waals surface area contributed by atoms with Crippen molar-refractivity contribution in [2.45, 2.75) is 169 Å². The van der Waals surface area contributed by atoms with Crippen molar-refractivity contribution < 1.29 is 24.8 Å². The summed E-state index contributed by atoms with van der Waals surface area (Å²) in [7, 11) is 0. The van der Waals surface area contributed by atoms with Gasteiger partial charge in [-0.3, -0.25) is 0 Å². The molecule has 0 spiro atoms. The van der Waals surface area contributed by atoms with Gasteiger partial charge in [0.1, 0.15) is 5.56 Å². The Bertz CT molecular complexity index is 774. The molecule has 1 rings (SSSR count). The molecule has 0 aromatic heterocycles. The van der Waals surface area contributed by atoms with Crippen LogP contribution in [0.15, 0.2) is 0 Å². The Morgan fingerprint density at radius 3 is 1.46 bits per heavy atom. The normalized spacial score (nSPS) is 11.3. The third-order valence-corrected chi connectivity index (χ3v) is 7.78. The van der Waals surface area contributed by atoms with E-state index in [2.05, 4.69) is 27.7 Å². The predicted octanol–water partition coefficient (Wildman–Crippen LogP) is 10.5. The van der Waals surface area contributed by atoms with Crippen molar-refractivity contribution in [1.82, 2.24) is 0 Å². The first-order valence-electron chi connectivity index (χ1n) is 16.4. The fraction of sp³-hybridized carbons (Fsp3) is 0.794. The van der Waals surface area contributed by atoms with Crippen molar-refractivity contribution in [3.05, 3.63) is 22.3 Å². The minimum Gasteiger partial charge on any atom is -0.504 e. The van der Waals surface area contributed by atoms with Gasteiger partial charge in [-0.2, -0.15) is 4.89 Å². The summed E-state index contributed by atoms with van der Waals surface area (Å²) < 4.78 is 0. The molecule has 1 aromatic carbocycles. The molecule has 0 unspecified atom stereocenters. The lowest BCUT2D eigenvalue weighted by Crippen LogP contribution is -2.14. The first-order chi connectivity index (χ1) is 19.0. The monoisotopic (exact) mass is 548 g/mol. The van der Waals surface area contributed by atoms with E-state index in [1.165, 1.54) is 44.9 Å². The number of carboxylic acid groups (broad SMARTS) is 1. The van der Waals surface area contributed by atoms with E-state index in [0.29, 0.717) is 13.0 Å². The maximum atomic E-state index is 12.5. The summed E-state index contributed by atoms with van der Waals surface area (Å²) in [6.45, 7) is 9.25. The van der Waals surface area contributed by atoms with Crippen LogP contribution in [-0.2, 0) is 24.2 Å². The van der Waals surface area contributed by atoms with Gasteiger partial charge in [0.15, 0.2) is 5.75 Å². The number of hydrogen-bond donors (Lipinski definition) is 2. The molecule has 0 atom stereocenters. The zero-order valence-electron chi connectivity index (χ0n) is 25.9. The number of aromatic carboxylic acids is 1. The van der Waals surface area contributed by atoms with Gasteiger partial charge in [0, 0.05) is 5.56 Å². The van der Waals surface area contributed by atoms with Crippen molar-refractivity contribution in [3.63, 3.8) is 0 Å². The Hall–Kier alpha value is -1.75. The van der Waals surface area contributed by atoms with E-state index in [1.807, 2.05) is 0 Å². The van der Waals surface area contributed by atoms with E-state index in [9.17, 15) is 15.0 Å². The highest BCUT2D eigenvalue weighted by molar-refractivity contribution is 5.94. The molecule has 0 aliphatic heterocycles. The molecule has 0 aliphatic rings. The fourth-order valence-electron chi connectivity index (χ4n) is 5.44. The maximum absolute atomic E-state index is 12.5. The molecule has 226 valence electrons. The minimum absolute atomic E-state index is 0.0174. The zero-order chi connectivity index (χ0) is 28.7. The van der Waals surface area contributed by atoms with Crippen molar-refractivity contribution in [2.75, 3.05) is 6.61 Å².